The lowest BCUT2D eigenvalue weighted by Gasteiger charge is -2.31. The van der Waals surface area contributed by atoms with Gasteiger partial charge in [-0.15, -0.1) is 24.0 Å². The van der Waals surface area contributed by atoms with Crippen molar-refractivity contribution in [3.63, 3.8) is 0 Å². The lowest BCUT2D eigenvalue weighted by molar-refractivity contribution is 0.203. The molecule has 1 rings (SSSR count). The van der Waals surface area contributed by atoms with E-state index in [1.807, 2.05) is 6.07 Å². The molecule has 6 heteroatoms. The minimum absolute atomic E-state index is 0. The molecule has 0 amide bonds. The SMILES string of the molecule is CN=C(NCCOC)NCC(C)(C)NC(C)c1ccccc1.I. The Morgan fingerprint density at radius 2 is 1.87 bits per heavy atom. The summed E-state index contributed by atoms with van der Waals surface area (Å²) in [7, 11) is 3.46. The first-order valence-electron chi connectivity index (χ1n) is 7.74. The smallest absolute Gasteiger partial charge is 0.191 e. The quantitative estimate of drug-likeness (QED) is 0.255. The van der Waals surface area contributed by atoms with Gasteiger partial charge in [0.05, 0.1) is 6.61 Å². The Kier molecular flexibility index (Phi) is 11.2. The molecule has 0 saturated carbocycles. The average molecular weight is 434 g/mol. The summed E-state index contributed by atoms with van der Waals surface area (Å²) in [4.78, 5) is 4.21. The molecule has 0 aliphatic rings. The Hall–Kier alpha value is -0.860. The van der Waals surface area contributed by atoms with Crippen LogP contribution in [0, 0.1) is 0 Å². The van der Waals surface area contributed by atoms with Crippen molar-refractivity contribution < 1.29 is 4.74 Å². The van der Waals surface area contributed by atoms with E-state index in [9.17, 15) is 0 Å². The van der Waals surface area contributed by atoms with Crippen LogP contribution in [0.4, 0.5) is 0 Å². The molecule has 1 unspecified atom stereocenters. The maximum absolute atomic E-state index is 5.03. The van der Waals surface area contributed by atoms with Gasteiger partial charge in [-0.25, -0.2) is 0 Å². The van der Waals surface area contributed by atoms with Crippen molar-refractivity contribution in [1.82, 2.24) is 16.0 Å². The van der Waals surface area contributed by atoms with Crippen LogP contribution in [0.5, 0.6) is 0 Å². The summed E-state index contributed by atoms with van der Waals surface area (Å²) in [6.07, 6.45) is 0. The number of methoxy groups -OCH3 is 1. The standard InChI is InChI=1S/C17H30N4O.HI/c1-14(15-9-7-6-8-10-15)21-17(2,3)13-20-16(18-4)19-11-12-22-5;/h6-10,14,21H,11-13H2,1-5H3,(H2,18,19,20);1H. The Labute approximate surface area is 157 Å². The maximum atomic E-state index is 5.03. The highest BCUT2D eigenvalue weighted by Gasteiger charge is 2.21. The predicted octanol–water partition coefficient (Wildman–Crippen LogP) is 2.55. The van der Waals surface area contributed by atoms with Crippen LogP contribution < -0.4 is 16.0 Å². The zero-order valence-corrected chi connectivity index (χ0v) is 17.2. The number of hydrogen-bond acceptors (Lipinski definition) is 3. The summed E-state index contributed by atoms with van der Waals surface area (Å²) in [5.41, 5.74) is 1.23. The highest BCUT2D eigenvalue weighted by molar-refractivity contribution is 14.0. The first kappa shape index (κ1) is 22.1. The van der Waals surface area contributed by atoms with Crippen LogP contribution >= 0.6 is 24.0 Å². The third-order valence-electron chi connectivity index (χ3n) is 3.43. The number of aliphatic imine (C=N–C) groups is 1. The normalized spacial score (nSPS) is 13.2. The van der Waals surface area contributed by atoms with Gasteiger partial charge in [0.1, 0.15) is 0 Å². The second-order valence-electron chi connectivity index (χ2n) is 6.01. The number of halogens is 1. The van der Waals surface area contributed by atoms with Crippen LogP contribution in [0.1, 0.15) is 32.4 Å². The van der Waals surface area contributed by atoms with Crippen LogP contribution in [0.3, 0.4) is 0 Å². The molecule has 0 bridgehead atoms. The van der Waals surface area contributed by atoms with Crippen molar-refractivity contribution in [3.05, 3.63) is 35.9 Å². The number of hydrogen-bond donors (Lipinski definition) is 3. The van der Waals surface area contributed by atoms with E-state index in [2.05, 4.69) is 66.0 Å². The third kappa shape index (κ3) is 9.12. The van der Waals surface area contributed by atoms with Gasteiger partial charge < -0.3 is 20.7 Å². The molecule has 0 aliphatic heterocycles. The van der Waals surface area contributed by atoms with E-state index in [4.69, 9.17) is 4.74 Å². The van der Waals surface area contributed by atoms with Crippen LogP contribution in [-0.2, 0) is 4.74 Å². The summed E-state index contributed by atoms with van der Waals surface area (Å²) in [5.74, 6) is 0.791. The maximum Gasteiger partial charge on any atom is 0.191 e. The molecule has 1 aromatic rings. The number of ether oxygens (including phenoxy) is 1. The van der Waals surface area contributed by atoms with E-state index < -0.39 is 0 Å². The molecule has 132 valence electrons. The minimum atomic E-state index is -0.0614. The van der Waals surface area contributed by atoms with Crippen LogP contribution in [0.2, 0.25) is 0 Å². The van der Waals surface area contributed by atoms with Gasteiger partial charge in [0.25, 0.3) is 0 Å². The molecule has 0 aromatic heterocycles. The van der Waals surface area contributed by atoms with Crippen molar-refractivity contribution in [2.24, 2.45) is 4.99 Å². The van der Waals surface area contributed by atoms with Gasteiger partial charge in [0.2, 0.25) is 0 Å². The van der Waals surface area contributed by atoms with E-state index >= 15 is 0 Å². The molecule has 0 fully saturated rings. The van der Waals surface area contributed by atoms with Crippen LogP contribution in [-0.4, -0.2) is 45.4 Å². The van der Waals surface area contributed by atoms with Crippen LogP contribution in [0.15, 0.2) is 35.3 Å². The number of guanidine groups is 1. The second kappa shape index (κ2) is 11.6. The zero-order valence-electron chi connectivity index (χ0n) is 14.8. The fourth-order valence-corrected chi connectivity index (χ4v) is 2.26. The fraction of sp³-hybridized carbons (Fsp3) is 0.588. The molecular formula is C17H31IN4O. The average Bonchev–Trinajstić information content (AvgIpc) is 2.51. The molecular weight excluding hydrogens is 403 g/mol. The van der Waals surface area contributed by atoms with Gasteiger partial charge in [0, 0.05) is 38.8 Å². The van der Waals surface area contributed by atoms with Crippen molar-refractivity contribution in [2.45, 2.75) is 32.4 Å². The largest absolute Gasteiger partial charge is 0.383 e. The zero-order chi connectivity index (χ0) is 16.4. The fourth-order valence-electron chi connectivity index (χ4n) is 2.26. The van der Waals surface area contributed by atoms with Crippen molar-refractivity contribution >= 4 is 29.9 Å². The second-order valence-corrected chi connectivity index (χ2v) is 6.01. The Morgan fingerprint density at radius 1 is 1.22 bits per heavy atom. The summed E-state index contributed by atoms with van der Waals surface area (Å²) in [5, 5.41) is 10.2. The molecule has 0 radical (unpaired) electrons. The van der Waals surface area contributed by atoms with Gasteiger partial charge in [0.15, 0.2) is 5.96 Å². The topological polar surface area (TPSA) is 57.7 Å². The molecule has 0 saturated heterocycles. The van der Waals surface area contributed by atoms with E-state index in [0.29, 0.717) is 12.6 Å². The molecule has 1 aromatic carbocycles. The summed E-state index contributed by atoms with van der Waals surface area (Å²) in [6, 6.07) is 10.8. The Balaban J connectivity index is 0.00000484. The predicted molar refractivity (Wildman–Crippen MR) is 109 cm³/mol. The Morgan fingerprint density at radius 3 is 2.43 bits per heavy atom. The van der Waals surface area contributed by atoms with E-state index in [0.717, 1.165) is 19.0 Å². The number of nitrogens with one attached hydrogen (secondary N) is 3. The summed E-state index contributed by atoms with van der Waals surface area (Å²) < 4.78 is 5.03. The Bertz CT molecular complexity index is 451. The molecule has 3 N–H and O–H groups in total. The van der Waals surface area contributed by atoms with E-state index in [-0.39, 0.29) is 29.5 Å². The first-order chi connectivity index (χ1) is 10.5. The molecule has 5 nitrogen and oxygen atoms in total. The van der Waals surface area contributed by atoms with E-state index in [1.165, 1.54) is 5.56 Å². The number of rotatable bonds is 8. The highest BCUT2D eigenvalue weighted by atomic mass is 127. The highest BCUT2D eigenvalue weighted by Crippen LogP contribution is 2.15. The van der Waals surface area contributed by atoms with Gasteiger partial charge in [-0.05, 0) is 26.3 Å². The van der Waals surface area contributed by atoms with Gasteiger partial charge >= 0.3 is 0 Å². The van der Waals surface area contributed by atoms with Gasteiger partial charge in [-0.2, -0.15) is 0 Å². The van der Waals surface area contributed by atoms with Crippen molar-refractivity contribution in [1.29, 1.82) is 0 Å². The first-order valence-corrected chi connectivity index (χ1v) is 7.74. The summed E-state index contributed by atoms with van der Waals surface area (Å²) in [6.45, 7) is 8.72. The molecule has 23 heavy (non-hydrogen) atoms. The van der Waals surface area contributed by atoms with Crippen molar-refractivity contribution in [2.75, 3.05) is 33.9 Å². The molecule has 0 heterocycles. The number of nitrogens with zero attached hydrogens (tertiary/aromatic N) is 1. The lowest BCUT2D eigenvalue weighted by atomic mass is 10.0. The summed E-state index contributed by atoms with van der Waals surface area (Å²) >= 11 is 0. The minimum Gasteiger partial charge on any atom is -0.383 e. The number of benzene rings is 1. The van der Waals surface area contributed by atoms with Gasteiger partial charge in [-0.1, -0.05) is 30.3 Å². The van der Waals surface area contributed by atoms with Gasteiger partial charge in [-0.3, -0.25) is 4.99 Å². The van der Waals surface area contributed by atoms with Crippen molar-refractivity contribution in [3.8, 4) is 0 Å². The molecule has 1 atom stereocenters. The third-order valence-corrected chi connectivity index (χ3v) is 3.43. The monoisotopic (exact) mass is 434 g/mol. The van der Waals surface area contributed by atoms with Crippen LogP contribution in [0.25, 0.3) is 0 Å². The van der Waals surface area contributed by atoms with E-state index in [1.54, 1.807) is 14.2 Å². The molecule has 0 aliphatic carbocycles. The molecule has 0 spiro atoms. The lowest BCUT2D eigenvalue weighted by Crippen LogP contribution is -2.52.